The van der Waals surface area contributed by atoms with Gasteiger partial charge in [-0.25, -0.2) is 4.98 Å². The van der Waals surface area contributed by atoms with Gasteiger partial charge in [-0.2, -0.15) is 8.42 Å². The third-order valence-corrected chi connectivity index (χ3v) is 4.88. The van der Waals surface area contributed by atoms with Gasteiger partial charge in [-0.15, -0.1) is 4.40 Å². The fraction of sp³-hybridized carbons (Fsp3) is 0.143. The number of rotatable bonds is 2. The SMILES string of the molecule is COc1ccc(N2C(C)=NS(=O)(=O)c3cccnc32)cc1Cl. The molecule has 1 aliphatic rings. The molecule has 0 bridgehead atoms. The first-order valence-electron chi connectivity index (χ1n) is 6.34. The van der Waals surface area contributed by atoms with E-state index in [1.54, 1.807) is 36.1 Å². The zero-order chi connectivity index (χ0) is 15.9. The molecule has 114 valence electrons. The van der Waals surface area contributed by atoms with Gasteiger partial charge in [0.2, 0.25) is 0 Å². The Kier molecular flexibility index (Phi) is 3.54. The number of halogens is 1. The topological polar surface area (TPSA) is 71.9 Å². The lowest BCUT2D eigenvalue weighted by Crippen LogP contribution is -2.30. The number of anilines is 2. The van der Waals surface area contributed by atoms with Gasteiger partial charge in [-0.05, 0) is 37.3 Å². The quantitative estimate of drug-likeness (QED) is 0.842. The van der Waals surface area contributed by atoms with Gasteiger partial charge >= 0.3 is 0 Å². The van der Waals surface area contributed by atoms with Crippen LogP contribution >= 0.6 is 11.6 Å². The number of methoxy groups -OCH3 is 1. The number of amidine groups is 1. The van der Waals surface area contributed by atoms with Crippen LogP contribution in [0.15, 0.2) is 45.8 Å². The molecule has 6 nitrogen and oxygen atoms in total. The Morgan fingerprint density at radius 1 is 1.27 bits per heavy atom. The summed E-state index contributed by atoms with van der Waals surface area (Å²) in [5.74, 6) is 1.13. The van der Waals surface area contributed by atoms with Gasteiger partial charge in [-0.3, -0.25) is 4.90 Å². The van der Waals surface area contributed by atoms with Crippen LogP contribution in [-0.4, -0.2) is 26.3 Å². The van der Waals surface area contributed by atoms with Crippen LogP contribution in [0, 0.1) is 0 Å². The van der Waals surface area contributed by atoms with Crippen LogP contribution in [0.1, 0.15) is 6.92 Å². The van der Waals surface area contributed by atoms with E-state index in [2.05, 4.69) is 9.38 Å². The van der Waals surface area contributed by atoms with Crippen LogP contribution in [0.3, 0.4) is 0 Å². The molecule has 0 fully saturated rings. The van der Waals surface area contributed by atoms with Gasteiger partial charge < -0.3 is 4.74 Å². The van der Waals surface area contributed by atoms with Crippen molar-refractivity contribution in [2.24, 2.45) is 4.40 Å². The van der Waals surface area contributed by atoms with Gasteiger partial charge in [-0.1, -0.05) is 11.6 Å². The molecular formula is C14H12ClN3O3S. The Labute approximate surface area is 133 Å². The first kappa shape index (κ1) is 14.8. The van der Waals surface area contributed by atoms with Crippen molar-refractivity contribution in [3.63, 3.8) is 0 Å². The summed E-state index contributed by atoms with van der Waals surface area (Å²) in [4.78, 5) is 5.89. The molecule has 0 saturated carbocycles. The molecule has 1 aliphatic heterocycles. The summed E-state index contributed by atoms with van der Waals surface area (Å²) in [5, 5.41) is 0.415. The average molecular weight is 338 g/mol. The minimum atomic E-state index is -3.73. The van der Waals surface area contributed by atoms with Crippen molar-refractivity contribution in [3.8, 4) is 5.75 Å². The normalized spacial score (nSPS) is 16.0. The maximum atomic E-state index is 12.1. The van der Waals surface area contributed by atoms with Crippen LogP contribution in [-0.2, 0) is 10.0 Å². The Hall–Kier alpha value is -2.12. The second-order valence-corrected chi connectivity index (χ2v) is 6.57. The second kappa shape index (κ2) is 5.26. The smallest absolute Gasteiger partial charge is 0.287 e. The molecule has 0 amide bonds. The number of aromatic nitrogens is 1. The molecule has 2 aromatic rings. The molecule has 8 heteroatoms. The largest absolute Gasteiger partial charge is 0.495 e. The van der Waals surface area contributed by atoms with Crippen LogP contribution in [0.25, 0.3) is 0 Å². The summed E-state index contributed by atoms with van der Waals surface area (Å²) in [6.07, 6.45) is 1.53. The zero-order valence-electron chi connectivity index (χ0n) is 11.8. The Morgan fingerprint density at radius 3 is 2.73 bits per heavy atom. The number of pyridine rings is 1. The van der Waals surface area contributed by atoms with Gasteiger partial charge in [0.25, 0.3) is 10.0 Å². The molecule has 0 saturated heterocycles. The monoisotopic (exact) mass is 337 g/mol. The predicted molar refractivity (Wildman–Crippen MR) is 84.7 cm³/mol. The lowest BCUT2D eigenvalue weighted by molar-refractivity contribution is 0.415. The van der Waals surface area contributed by atoms with E-state index in [-0.39, 0.29) is 4.90 Å². The van der Waals surface area contributed by atoms with E-state index in [0.29, 0.717) is 28.1 Å². The van der Waals surface area contributed by atoms with Gasteiger partial charge in [0.05, 0.1) is 17.8 Å². The minimum absolute atomic E-state index is 0.0625. The molecule has 2 heterocycles. The molecule has 0 atom stereocenters. The standard InChI is InChI=1S/C14H12ClN3O3S/c1-9-17-22(19,20)13-4-3-7-16-14(13)18(9)10-5-6-12(21-2)11(15)8-10/h3-8H,1-2H3. The summed E-state index contributed by atoms with van der Waals surface area (Å²) in [5.41, 5.74) is 0.655. The van der Waals surface area contributed by atoms with Crippen molar-refractivity contribution >= 4 is 39.0 Å². The summed E-state index contributed by atoms with van der Waals surface area (Å²) in [6.45, 7) is 1.60. The van der Waals surface area contributed by atoms with Crippen molar-refractivity contribution in [3.05, 3.63) is 41.6 Å². The molecule has 0 radical (unpaired) electrons. The lowest BCUT2D eigenvalue weighted by Gasteiger charge is -2.28. The van der Waals surface area contributed by atoms with E-state index in [1.165, 1.54) is 19.4 Å². The highest BCUT2D eigenvalue weighted by atomic mass is 35.5. The van der Waals surface area contributed by atoms with Gasteiger partial charge in [0.15, 0.2) is 5.82 Å². The summed E-state index contributed by atoms with van der Waals surface area (Å²) in [7, 11) is -2.20. The number of nitrogens with zero attached hydrogens (tertiary/aromatic N) is 3. The van der Waals surface area contributed by atoms with E-state index < -0.39 is 10.0 Å². The summed E-state index contributed by atoms with van der Waals surface area (Å²) >= 11 is 6.15. The highest BCUT2D eigenvalue weighted by Crippen LogP contribution is 2.37. The fourth-order valence-corrected chi connectivity index (χ4v) is 3.68. The minimum Gasteiger partial charge on any atom is -0.495 e. The van der Waals surface area contributed by atoms with Crippen molar-refractivity contribution in [2.45, 2.75) is 11.8 Å². The zero-order valence-corrected chi connectivity index (χ0v) is 13.4. The number of hydrogen-bond donors (Lipinski definition) is 0. The maximum Gasteiger partial charge on any atom is 0.287 e. The van der Waals surface area contributed by atoms with Crippen molar-refractivity contribution in [1.82, 2.24) is 4.98 Å². The highest BCUT2D eigenvalue weighted by Gasteiger charge is 2.31. The number of fused-ring (bicyclic) bond motifs is 1. The van der Waals surface area contributed by atoms with Crippen LogP contribution in [0.2, 0.25) is 5.02 Å². The van der Waals surface area contributed by atoms with Crippen molar-refractivity contribution in [1.29, 1.82) is 0 Å². The second-order valence-electron chi connectivity index (χ2n) is 4.59. The molecule has 0 unspecified atom stereocenters. The highest BCUT2D eigenvalue weighted by molar-refractivity contribution is 7.90. The molecule has 0 spiro atoms. The molecule has 1 aromatic heterocycles. The Balaban J connectivity index is 2.21. The van der Waals surface area contributed by atoms with Crippen LogP contribution in [0.5, 0.6) is 5.75 Å². The van der Waals surface area contributed by atoms with Crippen LogP contribution < -0.4 is 9.64 Å². The molecule has 1 aromatic carbocycles. The Bertz CT molecular complexity index is 881. The summed E-state index contributed by atoms with van der Waals surface area (Å²) in [6, 6.07) is 8.18. The van der Waals surface area contributed by atoms with Crippen molar-refractivity contribution < 1.29 is 13.2 Å². The van der Waals surface area contributed by atoms with E-state index in [1.807, 2.05) is 0 Å². The van der Waals surface area contributed by atoms with Gasteiger partial charge in [0, 0.05) is 6.20 Å². The first-order chi connectivity index (χ1) is 10.4. The summed E-state index contributed by atoms with van der Waals surface area (Å²) < 4.78 is 33.2. The first-order valence-corrected chi connectivity index (χ1v) is 8.16. The van der Waals surface area contributed by atoms with Gasteiger partial charge in [0.1, 0.15) is 16.5 Å². The van der Waals surface area contributed by atoms with Crippen LogP contribution in [0.4, 0.5) is 11.5 Å². The van der Waals surface area contributed by atoms with E-state index in [0.717, 1.165) is 0 Å². The molecule has 22 heavy (non-hydrogen) atoms. The molecule has 0 aliphatic carbocycles. The number of sulfonamides is 1. The van der Waals surface area contributed by atoms with E-state index >= 15 is 0 Å². The predicted octanol–water partition coefficient (Wildman–Crippen LogP) is 3.00. The molecular weight excluding hydrogens is 326 g/mol. The third-order valence-electron chi connectivity index (χ3n) is 3.21. The fourth-order valence-electron chi connectivity index (χ4n) is 2.27. The van der Waals surface area contributed by atoms with Crippen molar-refractivity contribution in [2.75, 3.05) is 12.0 Å². The number of hydrogen-bond acceptors (Lipinski definition) is 5. The maximum absolute atomic E-state index is 12.1. The molecule has 0 N–H and O–H groups in total. The van der Waals surface area contributed by atoms with E-state index in [4.69, 9.17) is 16.3 Å². The molecule has 3 rings (SSSR count). The lowest BCUT2D eigenvalue weighted by atomic mass is 10.2. The Morgan fingerprint density at radius 2 is 2.05 bits per heavy atom. The third kappa shape index (κ3) is 2.32. The number of benzene rings is 1. The number of ether oxygens (including phenoxy) is 1. The van der Waals surface area contributed by atoms with E-state index in [9.17, 15) is 8.42 Å². The average Bonchev–Trinajstić information content (AvgIpc) is 2.47.